The summed E-state index contributed by atoms with van der Waals surface area (Å²) in [4.78, 5) is 24.2. The van der Waals surface area contributed by atoms with E-state index in [1.54, 1.807) is 30.3 Å². The molecule has 1 heterocycles. The van der Waals surface area contributed by atoms with Gasteiger partial charge in [0, 0.05) is 0 Å². The van der Waals surface area contributed by atoms with Gasteiger partial charge in [0.15, 0.2) is 0 Å². The van der Waals surface area contributed by atoms with Gasteiger partial charge in [-0.3, -0.25) is 9.10 Å². The zero-order valence-electron chi connectivity index (χ0n) is 16.7. The average Bonchev–Trinajstić information content (AvgIpc) is 2.79. The van der Waals surface area contributed by atoms with Crippen molar-refractivity contribution in [1.82, 2.24) is 0 Å². The molecule has 1 unspecified atom stereocenters. The van der Waals surface area contributed by atoms with Crippen molar-refractivity contribution in [2.75, 3.05) is 9.62 Å². The van der Waals surface area contributed by atoms with E-state index < -0.39 is 33.8 Å². The Morgan fingerprint density at radius 3 is 2.47 bits per heavy atom. The maximum atomic E-state index is 14.1. The third-order valence-corrected chi connectivity index (χ3v) is 7.09. The second kappa shape index (κ2) is 8.43. The van der Waals surface area contributed by atoms with Crippen molar-refractivity contribution in [2.24, 2.45) is 0 Å². The number of fused-ring (bicyclic) bond motifs is 1. The summed E-state index contributed by atoms with van der Waals surface area (Å²) >= 11 is 0. The van der Waals surface area contributed by atoms with Crippen LogP contribution in [0.5, 0.6) is 0 Å². The molecule has 1 aliphatic rings. The lowest BCUT2D eigenvalue weighted by atomic mass is 9.97. The number of sulfonamides is 1. The van der Waals surface area contributed by atoms with Crippen LogP contribution in [0.1, 0.15) is 22.3 Å². The van der Waals surface area contributed by atoms with Gasteiger partial charge < -0.3 is 10.4 Å². The minimum Gasteiger partial charge on any atom is -0.478 e. The highest BCUT2D eigenvalue weighted by atomic mass is 32.2. The van der Waals surface area contributed by atoms with Crippen LogP contribution in [0, 0.1) is 5.82 Å². The summed E-state index contributed by atoms with van der Waals surface area (Å²) in [7, 11) is -4.31. The van der Waals surface area contributed by atoms with Gasteiger partial charge in [-0.05, 0) is 54.8 Å². The number of carbonyl (C=O) groups is 2. The fraction of sp³-hybridized carbons (Fsp3) is 0.130. The molecule has 0 fully saturated rings. The number of nitrogens with zero attached hydrogens (tertiary/aromatic N) is 1. The first kappa shape index (κ1) is 21.5. The van der Waals surface area contributed by atoms with Gasteiger partial charge in [0.25, 0.3) is 10.0 Å². The first-order valence-electron chi connectivity index (χ1n) is 9.80. The topological polar surface area (TPSA) is 104 Å². The molecule has 164 valence electrons. The van der Waals surface area contributed by atoms with E-state index >= 15 is 0 Å². The number of halogens is 1. The Bertz CT molecular complexity index is 1310. The van der Waals surface area contributed by atoms with Crippen molar-refractivity contribution in [2.45, 2.75) is 23.8 Å². The van der Waals surface area contributed by atoms with Crippen LogP contribution in [-0.4, -0.2) is 31.4 Å². The fourth-order valence-electron chi connectivity index (χ4n) is 3.73. The van der Waals surface area contributed by atoms with Gasteiger partial charge in [-0.25, -0.2) is 17.6 Å². The van der Waals surface area contributed by atoms with Gasteiger partial charge in [-0.1, -0.05) is 36.4 Å². The first-order valence-corrected chi connectivity index (χ1v) is 11.2. The molecule has 0 spiro atoms. The van der Waals surface area contributed by atoms with Crippen molar-refractivity contribution in [1.29, 1.82) is 0 Å². The van der Waals surface area contributed by atoms with E-state index in [0.29, 0.717) is 12.1 Å². The number of amides is 1. The molecule has 4 rings (SSSR count). The Morgan fingerprint density at radius 1 is 1.00 bits per heavy atom. The summed E-state index contributed by atoms with van der Waals surface area (Å²) < 4.78 is 42.3. The maximum absolute atomic E-state index is 14.1. The molecule has 0 radical (unpaired) electrons. The summed E-state index contributed by atoms with van der Waals surface area (Å²) in [6.07, 6.45) is 0.627. The molecule has 0 aliphatic carbocycles. The lowest BCUT2D eigenvalue weighted by Gasteiger charge is -2.37. The number of rotatable bonds is 5. The number of carboxylic acid groups (broad SMARTS) is 1. The number of benzene rings is 3. The van der Waals surface area contributed by atoms with E-state index in [2.05, 4.69) is 5.32 Å². The quantitative estimate of drug-likeness (QED) is 0.612. The molecule has 1 aliphatic heterocycles. The third-order valence-electron chi connectivity index (χ3n) is 5.27. The summed E-state index contributed by atoms with van der Waals surface area (Å²) in [5.74, 6) is -2.59. The molecule has 0 bridgehead atoms. The minimum absolute atomic E-state index is 0.0541. The van der Waals surface area contributed by atoms with E-state index in [9.17, 15) is 27.5 Å². The third kappa shape index (κ3) is 3.94. The average molecular weight is 454 g/mol. The van der Waals surface area contributed by atoms with E-state index in [-0.39, 0.29) is 22.6 Å². The monoisotopic (exact) mass is 454 g/mol. The summed E-state index contributed by atoms with van der Waals surface area (Å²) in [5, 5.41) is 11.7. The van der Waals surface area contributed by atoms with Gasteiger partial charge in [0.05, 0.1) is 21.8 Å². The molecule has 0 aromatic heterocycles. The molecule has 2 N–H and O–H groups in total. The van der Waals surface area contributed by atoms with Gasteiger partial charge in [0.1, 0.15) is 11.9 Å². The van der Waals surface area contributed by atoms with Crippen molar-refractivity contribution in [3.8, 4) is 0 Å². The molecule has 3 aromatic rings. The smallest absolute Gasteiger partial charge is 0.335 e. The SMILES string of the molecule is O=C(O)c1cccc(S(=O)(=O)N2c3ccccc3CCC2C(=O)Nc2ccccc2F)c1. The lowest BCUT2D eigenvalue weighted by molar-refractivity contribution is -0.117. The highest BCUT2D eigenvalue weighted by Gasteiger charge is 2.40. The molecule has 7 nitrogen and oxygen atoms in total. The number of carboxylic acids is 1. The molecule has 9 heteroatoms. The summed E-state index contributed by atoms with van der Waals surface area (Å²) in [6, 6.07) is 16.2. The van der Waals surface area contributed by atoms with Crippen LogP contribution in [0.4, 0.5) is 15.8 Å². The van der Waals surface area contributed by atoms with Gasteiger partial charge in [-0.2, -0.15) is 0 Å². The van der Waals surface area contributed by atoms with Gasteiger partial charge >= 0.3 is 5.97 Å². The van der Waals surface area contributed by atoms with Crippen LogP contribution in [0.3, 0.4) is 0 Å². The normalized spacial score (nSPS) is 15.7. The lowest BCUT2D eigenvalue weighted by Crippen LogP contribution is -2.50. The molecule has 1 atom stereocenters. The van der Waals surface area contributed by atoms with E-state index in [1.165, 1.54) is 36.4 Å². The largest absolute Gasteiger partial charge is 0.478 e. The minimum atomic E-state index is -4.31. The number of nitrogens with one attached hydrogen (secondary N) is 1. The van der Waals surface area contributed by atoms with E-state index in [1.807, 2.05) is 0 Å². The van der Waals surface area contributed by atoms with Gasteiger partial charge in [0.2, 0.25) is 5.91 Å². The highest BCUT2D eigenvalue weighted by molar-refractivity contribution is 7.93. The Kier molecular flexibility index (Phi) is 5.67. The van der Waals surface area contributed by atoms with Crippen LogP contribution in [0.15, 0.2) is 77.7 Å². The Hall–Kier alpha value is -3.72. The van der Waals surface area contributed by atoms with Crippen molar-refractivity contribution in [3.05, 3.63) is 89.7 Å². The molecule has 32 heavy (non-hydrogen) atoms. The zero-order chi connectivity index (χ0) is 22.9. The summed E-state index contributed by atoms with van der Waals surface area (Å²) in [5.41, 5.74) is 0.818. The Morgan fingerprint density at radius 2 is 1.72 bits per heavy atom. The van der Waals surface area contributed by atoms with Crippen LogP contribution in [0.2, 0.25) is 0 Å². The van der Waals surface area contributed by atoms with Crippen LogP contribution >= 0.6 is 0 Å². The van der Waals surface area contributed by atoms with Crippen molar-refractivity contribution >= 4 is 33.3 Å². The predicted molar refractivity (Wildman–Crippen MR) is 117 cm³/mol. The second-order valence-electron chi connectivity index (χ2n) is 7.29. The predicted octanol–water partition coefficient (Wildman–Crippen LogP) is 3.67. The molecular weight excluding hydrogens is 435 g/mol. The number of aromatic carboxylic acids is 1. The number of para-hydroxylation sites is 2. The molecule has 0 saturated carbocycles. The standard InChI is InChI=1S/C23H19FN2O5S/c24-18-9-2-3-10-19(18)25-22(27)21-13-12-15-6-1-4-11-20(15)26(21)32(30,31)17-8-5-7-16(14-17)23(28)29/h1-11,14,21H,12-13H2,(H,25,27)(H,28,29). The Labute approximate surface area is 184 Å². The van der Waals surface area contributed by atoms with Crippen molar-refractivity contribution in [3.63, 3.8) is 0 Å². The van der Waals surface area contributed by atoms with Crippen LogP contribution in [0.25, 0.3) is 0 Å². The summed E-state index contributed by atoms with van der Waals surface area (Å²) in [6.45, 7) is 0. The van der Waals surface area contributed by atoms with Crippen LogP contribution < -0.4 is 9.62 Å². The van der Waals surface area contributed by atoms with E-state index in [0.717, 1.165) is 15.9 Å². The second-order valence-corrected chi connectivity index (χ2v) is 9.10. The maximum Gasteiger partial charge on any atom is 0.335 e. The van der Waals surface area contributed by atoms with Gasteiger partial charge in [-0.15, -0.1) is 0 Å². The number of hydrogen-bond acceptors (Lipinski definition) is 4. The first-order chi connectivity index (χ1) is 15.3. The van der Waals surface area contributed by atoms with Crippen molar-refractivity contribution < 1.29 is 27.5 Å². The molecular formula is C23H19FN2O5S. The molecule has 3 aromatic carbocycles. The molecule has 1 amide bonds. The van der Waals surface area contributed by atoms with E-state index in [4.69, 9.17) is 0 Å². The van der Waals surface area contributed by atoms with Crippen LogP contribution in [-0.2, 0) is 21.2 Å². The number of carbonyl (C=O) groups excluding carboxylic acids is 1. The highest BCUT2D eigenvalue weighted by Crippen LogP contribution is 2.36. The Balaban J connectivity index is 1.79. The zero-order valence-corrected chi connectivity index (χ0v) is 17.5. The number of hydrogen-bond donors (Lipinski definition) is 2. The number of anilines is 2. The molecule has 0 saturated heterocycles. The number of aryl methyl sites for hydroxylation is 1. The fourth-order valence-corrected chi connectivity index (χ4v) is 5.46.